The van der Waals surface area contributed by atoms with Gasteiger partial charge in [-0.05, 0) is 37.8 Å². The monoisotopic (exact) mass is 344 g/mol. The van der Waals surface area contributed by atoms with Crippen molar-refractivity contribution >= 4 is 5.97 Å². The number of esters is 1. The van der Waals surface area contributed by atoms with Crippen LogP contribution >= 0.6 is 0 Å². The zero-order valence-corrected chi connectivity index (χ0v) is 15.6. The van der Waals surface area contributed by atoms with Crippen LogP contribution in [0.15, 0.2) is 53.0 Å². The highest BCUT2D eigenvalue weighted by molar-refractivity contribution is 5.92. The van der Waals surface area contributed by atoms with E-state index in [0.717, 1.165) is 36.2 Å². The molecule has 0 aliphatic carbocycles. The Hall–Kier alpha value is -2.07. The molecule has 1 unspecified atom stereocenters. The summed E-state index contributed by atoms with van der Waals surface area (Å²) >= 11 is 0. The number of hydrogen-bond acceptors (Lipinski definition) is 4. The molecule has 1 heterocycles. The molecule has 25 heavy (non-hydrogen) atoms. The molecule has 0 saturated heterocycles. The second-order valence-corrected chi connectivity index (χ2v) is 6.08. The van der Waals surface area contributed by atoms with E-state index in [1.807, 2.05) is 32.0 Å². The lowest BCUT2D eigenvalue weighted by atomic mass is 9.80. The molecule has 1 atom stereocenters. The van der Waals surface area contributed by atoms with Crippen molar-refractivity contribution in [3.05, 3.63) is 58.6 Å². The van der Waals surface area contributed by atoms with Gasteiger partial charge in [0.1, 0.15) is 11.5 Å². The lowest BCUT2D eigenvalue weighted by Gasteiger charge is -2.31. The zero-order chi connectivity index (χ0) is 18.2. The van der Waals surface area contributed by atoms with Crippen molar-refractivity contribution in [1.29, 1.82) is 0 Å². The van der Waals surface area contributed by atoms with Crippen LogP contribution < -0.4 is 0 Å². The molecule has 4 heteroatoms. The molecule has 0 radical (unpaired) electrons. The van der Waals surface area contributed by atoms with E-state index in [0.29, 0.717) is 24.5 Å². The first kappa shape index (κ1) is 19.3. The van der Waals surface area contributed by atoms with Crippen molar-refractivity contribution in [1.82, 2.24) is 0 Å². The fourth-order valence-electron chi connectivity index (χ4n) is 3.26. The Morgan fingerprint density at radius 3 is 2.48 bits per heavy atom. The highest BCUT2D eigenvalue weighted by Crippen LogP contribution is 2.43. The number of allylic oxidation sites excluding steroid dienone is 2. The summed E-state index contributed by atoms with van der Waals surface area (Å²) in [5, 5.41) is 0. The molecule has 1 aromatic carbocycles. The highest BCUT2D eigenvalue weighted by atomic mass is 16.5. The first-order valence-corrected chi connectivity index (χ1v) is 8.95. The molecule has 136 valence electrons. The molecular weight excluding hydrogens is 316 g/mol. The van der Waals surface area contributed by atoms with Gasteiger partial charge in [-0.3, -0.25) is 0 Å². The first-order chi connectivity index (χ1) is 12.1. The molecule has 0 N–H and O–H groups in total. The van der Waals surface area contributed by atoms with Gasteiger partial charge in [-0.2, -0.15) is 0 Å². The summed E-state index contributed by atoms with van der Waals surface area (Å²) in [6.07, 6.45) is 2.55. The number of carbonyl (C=O) groups is 1. The molecule has 0 aromatic heterocycles. The number of carbonyl (C=O) groups excluding carboxylic acids is 1. The van der Waals surface area contributed by atoms with Crippen molar-refractivity contribution in [2.75, 3.05) is 20.3 Å². The SMILES string of the molecule is CCCC1=C(CCOC)C(c2ccccc2)C(C(=O)OCC)=C(C)O1. The fraction of sp³-hybridized carbons (Fsp3) is 0.476. The third-order valence-electron chi connectivity index (χ3n) is 4.33. The molecule has 1 aromatic rings. The van der Waals surface area contributed by atoms with Gasteiger partial charge in [0.25, 0.3) is 0 Å². The van der Waals surface area contributed by atoms with Gasteiger partial charge in [0, 0.05) is 19.4 Å². The third-order valence-corrected chi connectivity index (χ3v) is 4.33. The molecule has 0 amide bonds. The van der Waals surface area contributed by atoms with Gasteiger partial charge in [-0.25, -0.2) is 4.79 Å². The summed E-state index contributed by atoms with van der Waals surface area (Å²) in [6.45, 7) is 6.73. The van der Waals surface area contributed by atoms with Gasteiger partial charge in [0.05, 0.1) is 18.8 Å². The Bertz CT molecular complexity index is 643. The molecule has 0 fully saturated rings. The van der Waals surface area contributed by atoms with Crippen molar-refractivity contribution in [2.24, 2.45) is 0 Å². The van der Waals surface area contributed by atoms with Crippen LogP contribution in [0.4, 0.5) is 0 Å². The largest absolute Gasteiger partial charge is 0.466 e. The Labute approximate surface area is 150 Å². The molecule has 2 rings (SSSR count). The third kappa shape index (κ3) is 4.51. The first-order valence-electron chi connectivity index (χ1n) is 8.95. The second kappa shape index (κ2) is 9.42. The van der Waals surface area contributed by atoms with E-state index in [-0.39, 0.29) is 11.9 Å². The Morgan fingerprint density at radius 2 is 1.88 bits per heavy atom. The predicted molar refractivity (Wildman–Crippen MR) is 98.0 cm³/mol. The standard InChI is InChI=1S/C21H28O4/c1-5-10-18-17(13-14-23-4)20(16-11-8-7-9-12-16)19(15(3)25-18)21(22)24-6-2/h7-9,11-12,20H,5-6,10,13-14H2,1-4H3. The lowest BCUT2D eigenvalue weighted by molar-refractivity contribution is -0.139. The molecule has 0 spiro atoms. The van der Waals surface area contributed by atoms with Gasteiger partial charge in [0.15, 0.2) is 0 Å². The minimum Gasteiger partial charge on any atom is -0.466 e. The molecular formula is C21H28O4. The van der Waals surface area contributed by atoms with Gasteiger partial charge in [0.2, 0.25) is 0 Å². The van der Waals surface area contributed by atoms with Gasteiger partial charge in [-0.1, -0.05) is 37.3 Å². The van der Waals surface area contributed by atoms with E-state index in [1.54, 1.807) is 7.11 Å². The van der Waals surface area contributed by atoms with Crippen molar-refractivity contribution < 1.29 is 19.0 Å². The molecule has 1 aliphatic rings. The van der Waals surface area contributed by atoms with E-state index in [1.165, 1.54) is 0 Å². The summed E-state index contributed by atoms with van der Waals surface area (Å²) < 4.78 is 16.7. The Balaban J connectivity index is 2.55. The number of benzene rings is 1. The van der Waals surface area contributed by atoms with Crippen molar-refractivity contribution in [3.8, 4) is 0 Å². The van der Waals surface area contributed by atoms with Gasteiger partial charge < -0.3 is 14.2 Å². The fourth-order valence-corrected chi connectivity index (χ4v) is 3.26. The molecule has 1 aliphatic heterocycles. The summed E-state index contributed by atoms with van der Waals surface area (Å²) in [6, 6.07) is 10.1. The Morgan fingerprint density at radius 1 is 1.16 bits per heavy atom. The number of rotatable bonds is 8. The van der Waals surface area contributed by atoms with E-state index < -0.39 is 0 Å². The van der Waals surface area contributed by atoms with Crippen LogP contribution in [0.3, 0.4) is 0 Å². The maximum Gasteiger partial charge on any atom is 0.338 e. The lowest BCUT2D eigenvalue weighted by Crippen LogP contribution is -2.24. The zero-order valence-electron chi connectivity index (χ0n) is 15.6. The van der Waals surface area contributed by atoms with Crippen LogP contribution in [-0.2, 0) is 19.0 Å². The van der Waals surface area contributed by atoms with Crippen LogP contribution in [0.1, 0.15) is 51.5 Å². The quantitative estimate of drug-likeness (QED) is 0.640. The van der Waals surface area contributed by atoms with E-state index >= 15 is 0 Å². The predicted octanol–water partition coefficient (Wildman–Crippen LogP) is 4.73. The number of hydrogen-bond donors (Lipinski definition) is 0. The van der Waals surface area contributed by atoms with Crippen LogP contribution in [0.5, 0.6) is 0 Å². The topological polar surface area (TPSA) is 44.8 Å². The molecule has 0 bridgehead atoms. The summed E-state index contributed by atoms with van der Waals surface area (Å²) in [7, 11) is 1.69. The minimum atomic E-state index is -0.306. The van der Waals surface area contributed by atoms with Crippen LogP contribution in [0.25, 0.3) is 0 Å². The van der Waals surface area contributed by atoms with Crippen LogP contribution in [0, 0.1) is 0 Å². The number of methoxy groups -OCH3 is 1. The summed E-state index contributed by atoms with van der Waals surface area (Å²) in [5.41, 5.74) is 2.79. The van der Waals surface area contributed by atoms with Crippen LogP contribution in [0.2, 0.25) is 0 Å². The summed E-state index contributed by atoms with van der Waals surface area (Å²) in [5.74, 6) is 1.14. The Kier molecular flexibility index (Phi) is 7.26. The van der Waals surface area contributed by atoms with E-state index in [9.17, 15) is 4.79 Å². The van der Waals surface area contributed by atoms with E-state index in [4.69, 9.17) is 14.2 Å². The highest BCUT2D eigenvalue weighted by Gasteiger charge is 2.35. The summed E-state index contributed by atoms with van der Waals surface area (Å²) in [4.78, 5) is 12.7. The maximum absolute atomic E-state index is 12.7. The van der Waals surface area contributed by atoms with Crippen molar-refractivity contribution in [3.63, 3.8) is 0 Å². The number of ether oxygens (including phenoxy) is 3. The average Bonchev–Trinajstić information content (AvgIpc) is 2.61. The smallest absolute Gasteiger partial charge is 0.338 e. The minimum absolute atomic E-state index is 0.148. The van der Waals surface area contributed by atoms with Gasteiger partial charge >= 0.3 is 5.97 Å². The molecule has 4 nitrogen and oxygen atoms in total. The average molecular weight is 344 g/mol. The second-order valence-electron chi connectivity index (χ2n) is 6.08. The molecule has 0 saturated carbocycles. The van der Waals surface area contributed by atoms with Gasteiger partial charge in [-0.15, -0.1) is 0 Å². The van der Waals surface area contributed by atoms with Crippen LogP contribution in [-0.4, -0.2) is 26.3 Å². The van der Waals surface area contributed by atoms with E-state index in [2.05, 4.69) is 19.1 Å². The van der Waals surface area contributed by atoms with Crippen molar-refractivity contribution in [2.45, 2.75) is 46.0 Å². The maximum atomic E-state index is 12.7. The normalized spacial score (nSPS) is 17.5.